The summed E-state index contributed by atoms with van der Waals surface area (Å²) in [7, 11) is 0. The van der Waals surface area contributed by atoms with Crippen LogP contribution in [-0.2, 0) is 11.8 Å². The molecule has 0 spiro atoms. The summed E-state index contributed by atoms with van der Waals surface area (Å²) in [5, 5.41) is 3.48. The van der Waals surface area contributed by atoms with Crippen LogP contribution < -0.4 is 5.32 Å². The molecule has 1 aromatic heterocycles. The molecule has 0 atom stereocenters. The average Bonchev–Trinajstić information content (AvgIpc) is 2.86. The maximum absolute atomic E-state index is 4.67. The molecule has 4 fully saturated rings. The Kier molecular flexibility index (Phi) is 3.36. The number of aromatic amines is 1. The van der Waals surface area contributed by atoms with Crippen molar-refractivity contribution in [3.8, 4) is 0 Å². The van der Waals surface area contributed by atoms with E-state index in [1.165, 1.54) is 50.0 Å². The highest BCUT2D eigenvalue weighted by atomic mass is 15.0. The van der Waals surface area contributed by atoms with Crippen LogP contribution in [-0.4, -0.2) is 22.6 Å². The van der Waals surface area contributed by atoms with Crippen LogP contribution in [0.1, 0.15) is 63.9 Å². The zero-order valence-electron chi connectivity index (χ0n) is 13.5. The van der Waals surface area contributed by atoms with Gasteiger partial charge < -0.3 is 10.3 Å². The smallest absolute Gasteiger partial charge is 0.107 e. The lowest BCUT2D eigenvalue weighted by Crippen LogP contribution is -2.48. The Morgan fingerprint density at radius 1 is 1.19 bits per heavy atom. The number of hydrogen-bond donors (Lipinski definition) is 2. The van der Waals surface area contributed by atoms with Gasteiger partial charge in [-0.25, -0.2) is 4.98 Å². The van der Waals surface area contributed by atoms with Crippen LogP contribution in [0.3, 0.4) is 0 Å². The van der Waals surface area contributed by atoms with E-state index in [-0.39, 0.29) is 0 Å². The molecule has 0 unspecified atom stereocenters. The van der Waals surface area contributed by atoms with Gasteiger partial charge in [0, 0.05) is 36.3 Å². The lowest BCUT2D eigenvalue weighted by atomic mass is 9.49. The van der Waals surface area contributed by atoms with Gasteiger partial charge in [-0.1, -0.05) is 13.8 Å². The third-order valence-electron chi connectivity index (χ3n) is 6.15. The Hall–Kier alpha value is -0.830. The Labute approximate surface area is 128 Å². The number of nitrogens with one attached hydrogen (secondary N) is 2. The molecular weight excluding hydrogens is 258 g/mol. The lowest BCUT2D eigenvalue weighted by Gasteiger charge is -2.56. The Morgan fingerprint density at radius 3 is 2.38 bits per heavy atom. The van der Waals surface area contributed by atoms with Gasteiger partial charge in [0.2, 0.25) is 0 Å². The minimum atomic E-state index is 0.464. The quantitative estimate of drug-likeness (QED) is 0.871. The van der Waals surface area contributed by atoms with Crippen LogP contribution in [0.2, 0.25) is 0 Å². The molecule has 3 heteroatoms. The highest BCUT2D eigenvalue weighted by Crippen LogP contribution is 2.60. The molecule has 0 saturated heterocycles. The zero-order valence-corrected chi connectivity index (χ0v) is 13.5. The van der Waals surface area contributed by atoms with Crippen LogP contribution in [0.5, 0.6) is 0 Å². The molecule has 2 N–H and O–H groups in total. The average molecular weight is 287 g/mol. The highest BCUT2D eigenvalue weighted by Gasteiger charge is 2.52. The van der Waals surface area contributed by atoms with E-state index in [1.807, 2.05) is 0 Å². The van der Waals surface area contributed by atoms with E-state index < -0.39 is 0 Å². The van der Waals surface area contributed by atoms with Crippen LogP contribution in [0, 0.1) is 17.8 Å². The predicted octanol–water partition coefficient (Wildman–Crippen LogP) is 3.42. The molecule has 116 valence electrons. The SMILES string of the molecule is CC(C)NCCc1ncc(C23CC4CC(CC(C4)C2)C3)[nH]1. The third kappa shape index (κ3) is 2.54. The fraction of sp³-hybridized carbons (Fsp3) is 0.833. The van der Waals surface area contributed by atoms with Gasteiger partial charge in [-0.05, 0) is 56.3 Å². The molecule has 0 aliphatic heterocycles. The van der Waals surface area contributed by atoms with E-state index in [9.17, 15) is 0 Å². The predicted molar refractivity (Wildman–Crippen MR) is 85.3 cm³/mol. The van der Waals surface area contributed by atoms with Crippen LogP contribution in [0.4, 0.5) is 0 Å². The molecule has 1 aromatic rings. The number of aromatic nitrogens is 2. The molecule has 1 heterocycles. The van der Waals surface area contributed by atoms with E-state index in [2.05, 4.69) is 35.3 Å². The van der Waals surface area contributed by atoms with Gasteiger partial charge in [0.05, 0.1) is 0 Å². The van der Waals surface area contributed by atoms with Crippen molar-refractivity contribution in [3.05, 3.63) is 17.7 Å². The van der Waals surface area contributed by atoms with E-state index in [0.717, 1.165) is 30.7 Å². The van der Waals surface area contributed by atoms with Gasteiger partial charge in [-0.15, -0.1) is 0 Å². The molecular formula is C18H29N3. The van der Waals surface area contributed by atoms with Gasteiger partial charge in [-0.2, -0.15) is 0 Å². The van der Waals surface area contributed by atoms with E-state index in [0.29, 0.717) is 11.5 Å². The minimum absolute atomic E-state index is 0.464. The van der Waals surface area contributed by atoms with Crippen LogP contribution in [0.15, 0.2) is 6.20 Å². The summed E-state index contributed by atoms with van der Waals surface area (Å²) in [6.45, 7) is 5.41. The lowest BCUT2D eigenvalue weighted by molar-refractivity contribution is -0.00706. The normalized spacial score (nSPS) is 37.6. The number of H-pyrrole nitrogens is 1. The van der Waals surface area contributed by atoms with Gasteiger partial charge in [0.25, 0.3) is 0 Å². The second-order valence-electron chi connectivity index (χ2n) is 8.30. The van der Waals surface area contributed by atoms with Crippen molar-refractivity contribution in [3.63, 3.8) is 0 Å². The number of hydrogen-bond acceptors (Lipinski definition) is 2. The summed E-state index contributed by atoms with van der Waals surface area (Å²) in [5.74, 6) is 4.19. The third-order valence-corrected chi connectivity index (χ3v) is 6.15. The Morgan fingerprint density at radius 2 is 1.81 bits per heavy atom. The Balaban J connectivity index is 1.48. The van der Waals surface area contributed by atoms with E-state index >= 15 is 0 Å². The summed E-state index contributed by atoms with van der Waals surface area (Å²) in [5.41, 5.74) is 1.92. The standard InChI is InChI=1S/C18H29N3/c1-12(2)19-4-3-17-20-11-16(21-17)18-8-13-5-14(9-18)7-15(6-13)10-18/h11-15,19H,3-10H2,1-2H3,(H,20,21). The molecule has 4 bridgehead atoms. The van der Waals surface area contributed by atoms with Crippen molar-refractivity contribution in [1.29, 1.82) is 0 Å². The molecule has 4 aliphatic rings. The summed E-state index contributed by atoms with van der Waals surface area (Å²) in [6.07, 6.45) is 12.0. The van der Waals surface area contributed by atoms with E-state index in [1.54, 1.807) is 0 Å². The number of rotatable bonds is 5. The minimum Gasteiger partial charge on any atom is -0.345 e. The summed E-state index contributed by atoms with van der Waals surface area (Å²) in [4.78, 5) is 8.37. The Bertz CT molecular complexity index is 467. The zero-order chi connectivity index (χ0) is 14.4. The van der Waals surface area contributed by atoms with Crippen molar-refractivity contribution >= 4 is 0 Å². The first kappa shape index (κ1) is 13.8. The summed E-state index contributed by atoms with van der Waals surface area (Å²) >= 11 is 0. The van der Waals surface area contributed by atoms with E-state index in [4.69, 9.17) is 0 Å². The topological polar surface area (TPSA) is 40.7 Å². The maximum Gasteiger partial charge on any atom is 0.107 e. The molecule has 0 radical (unpaired) electrons. The van der Waals surface area contributed by atoms with Gasteiger partial charge in [-0.3, -0.25) is 0 Å². The van der Waals surface area contributed by atoms with Crippen molar-refractivity contribution < 1.29 is 0 Å². The number of nitrogens with zero attached hydrogens (tertiary/aromatic N) is 1. The van der Waals surface area contributed by atoms with Gasteiger partial charge in [0.15, 0.2) is 0 Å². The first-order valence-electron chi connectivity index (χ1n) is 8.91. The number of imidazole rings is 1. The molecule has 3 nitrogen and oxygen atoms in total. The van der Waals surface area contributed by atoms with Crippen LogP contribution in [0.25, 0.3) is 0 Å². The summed E-state index contributed by atoms with van der Waals surface area (Å²) in [6, 6.07) is 0.558. The fourth-order valence-electron chi connectivity index (χ4n) is 5.68. The second kappa shape index (κ2) is 5.12. The first-order chi connectivity index (χ1) is 10.1. The molecule has 4 saturated carbocycles. The van der Waals surface area contributed by atoms with Crippen molar-refractivity contribution in [2.24, 2.45) is 17.8 Å². The van der Waals surface area contributed by atoms with Gasteiger partial charge in [0.1, 0.15) is 5.82 Å². The molecule has 0 amide bonds. The molecule has 21 heavy (non-hydrogen) atoms. The highest BCUT2D eigenvalue weighted by molar-refractivity contribution is 5.22. The fourth-order valence-corrected chi connectivity index (χ4v) is 5.68. The largest absolute Gasteiger partial charge is 0.345 e. The molecule has 5 rings (SSSR count). The van der Waals surface area contributed by atoms with Crippen LogP contribution >= 0.6 is 0 Å². The maximum atomic E-state index is 4.67. The summed E-state index contributed by atoms with van der Waals surface area (Å²) < 4.78 is 0. The van der Waals surface area contributed by atoms with Crippen molar-refractivity contribution in [2.75, 3.05) is 6.54 Å². The second-order valence-corrected chi connectivity index (χ2v) is 8.30. The monoisotopic (exact) mass is 287 g/mol. The molecule has 4 aliphatic carbocycles. The van der Waals surface area contributed by atoms with Crippen molar-refractivity contribution in [2.45, 2.75) is 70.3 Å². The van der Waals surface area contributed by atoms with Crippen molar-refractivity contribution in [1.82, 2.24) is 15.3 Å². The molecule has 0 aromatic carbocycles. The van der Waals surface area contributed by atoms with Gasteiger partial charge >= 0.3 is 0 Å². The first-order valence-corrected chi connectivity index (χ1v) is 8.91.